The van der Waals surface area contributed by atoms with Crippen LogP contribution in [0.4, 0.5) is 0 Å². The van der Waals surface area contributed by atoms with E-state index in [1.54, 1.807) is 25.7 Å². The number of hydrogen-bond acceptors (Lipinski definition) is 0. The standard InChI is InChI=1S/C10H18.C2H6/c1-2-6-10-8-4-3-7-9(10)5-1;1-2/h9-10H,1-8H2;1-2H3. The number of rotatable bonds is 0. The van der Waals surface area contributed by atoms with Crippen LogP contribution in [0.15, 0.2) is 0 Å². The van der Waals surface area contributed by atoms with Crippen molar-refractivity contribution in [1.82, 2.24) is 0 Å². The fourth-order valence-corrected chi connectivity index (χ4v) is 2.86. The van der Waals surface area contributed by atoms with E-state index in [4.69, 9.17) is 0 Å². The van der Waals surface area contributed by atoms with Crippen LogP contribution in [0, 0.1) is 11.8 Å². The molecule has 0 radical (unpaired) electrons. The highest BCUT2D eigenvalue weighted by Gasteiger charge is 2.26. The van der Waals surface area contributed by atoms with Crippen molar-refractivity contribution in [3.63, 3.8) is 0 Å². The smallest absolute Gasteiger partial charge is 0.0386 e. The lowest BCUT2D eigenvalue weighted by atomic mass is 9.71. The third kappa shape index (κ3) is 2.50. The molecule has 0 atom stereocenters. The van der Waals surface area contributed by atoms with Gasteiger partial charge in [0.25, 0.3) is 0 Å². The lowest BCUT2D eigenvalue weighted by Crippen LogP contribution is -2.22. The van der Waals surface area contributed by atoms with Gasteiger partial charge in [-0.25, -0.2) is 0 Å². The molecule has 0 heterocycles. The monoisotopic (exact) mass is 168 g/mol. The van der Waals surface area contributed by atoms with Crippen LogP contribution >= 0.6 is 0 Å². The summed E-state index contributed by atoms with van der Waals surface area (Å²) in [6.07, 6.45) is 12.4. The van der Waals surface area contributed by atoms with Gasteiger partial charge in [-0.15, -0.1) is 0 Å². The summed E-state index contributed by atoms with van der Waals surface area (Å²) in [6, 6.07) is 0. The predicted octanol–water partition coefficient (Wildman–Crippen LogP) is 4.39. The van der Waals surface area contributed by atoms with Gasteiger partial charge in [0.05, 0.1) is 0 Å². The third-order valence-corrected chi connectivity index (χ3v) is 3.47. The molecule has 0 bridgehead atoms. The van der Waals surface area contributed by atoms with Crippen molar-refractivity contribution in [2.45, 2.75) is 65.2 Å². The Kier molecular flexibility index (Phi) is 4.72. The minimum Gasteiger partial charge on any atom is -0.0683 e. The first-order chi connectivity index (χ1) is 5.97. The van der Waals surface area contributed by atoms with Gasteiger partial charge in [0.1, 0.15) is 0 Å². The molecule has 0 amide bonds. The van der Waals surface area contributed by atoms with Gasteiger partial charge >= 0.3 is 0 Å². The summed E-state index contributed by atoms with van der Waals surface area (Å²) in [6.45, 7) is 4.00. The highest BCUT2D eigenvalue weighted by atomic mass is 14.3. The lowest BCUT2D eigenvalue weighted by Gasteiger charge is -2.35. The molecule has 0 aliphatic heterocycles. The van der Waals surface area contributed by atoms with Crippen LogP contribution in [0.3, 0.4) is 0 Å². The Morgan fingerprint density at radius 1 is 0.583 bits per heavy atom. The second-order valence-electron chi connectivity index (χ2n) is 4.09. The lowest BCUT2D eigenvalue weighted by molar-refractivity contribution is 0.171. The Hall–Kier alpha value is 0. The summed E-state index contributed by atoms with van der Waals surface area (Å²) in [4.78, 5) is 0. The molecule has 0 aromatic carbocycles. The van der Waals surface area contributed by atoms with Crippen LogP contribution in [0.1, 0.15) is 65.2 Å². The molecule has 2 rings (SSSR count). The van der Waals surface area contributed by atoms with Gasteiger partial charge in [-0.05, 0) is 11.8 Å². The first kappa shape index (κ1) is 10.1. The zero-order valence-corrected chi connectivity index (χ0v) is 8.81. The van der Waals surface area contributed by atoms with E-state index in [9.17, 15) is 0 Å². The van der Waals surface area contributed by atoms with E-state index >= 15 is 0 Å². The maximum atomic E-state index is 2.00. The van der Waals surface area contributed by atoms with E-state index in [0.29, 0.717) is 0 Å². The zero-order valence-electron chi connectivity index (χ0n) is 8.81. The quantitative estimate of drug-likeness (QED) is 0.503. The van der Waals surface area contributed by atoms with Crippen molar-refractivity contribution in [1.29, 1.82) is 0 Å². The molecule has 2 saturated carbocycles. The van der Waals surface area contributed by atoms with Crippen LogP contribution in [0.2, 0.25) is 0 Å². The fraction of sp³-hybridized carbons (Fsp3) is 1.00. The Labute approximate surface area is 77.7 Å². The second kappa shape index (κ2) is 5.61. The highest BCUT2D eigenvalue weighted by Crippen LogP contribution is 2.39. The van der Waals surface area contributed by atoms with Crippen molar-refractivity contribution >= 4 is 0 Å². The molecule has 2 aliphatic rings. The van der Waals surface area contributed by atoms with Gasteiger partial charge in [0.2, 0.25) is 0 Å². The molecule has 2 aliphatic carbocycles. The zero-order chi connectivity index (χ0) is 8.81. The van der Waals surface area contributed by atoms with Crippen molar-refractivity contribution in [3.05, 3.63) is 0 Å². The molecule has 72 valence electrons. The van der Waals surface area contributed by atoms with Crippen LogP contribution in [-0.4, -0.2) is 0 Å². The van der Waals surface area contributed by atoms with E-state index in [0.717, 1.165) is 11.8 Å². The summed E-state index contributed by atoms with van der Waals surface area (Å²) in [5.74, 6) is 2.31. The summed E-state index contributed by atoms with van der Waals surface area (Å²) < 4.78 is 0. The van der Waals surface area contributed by atoms with Crippen LogP contribution < -0.4 is 0 Å². The van der Waals surface area contributed by atoms with Crippen molar-refractivity contribution < 1.29 is 0 Å². The van der Waals surface area contributed by atoms with Gasteiger partial charge in [-0.3, -0.25) is 0 Å². The van der Waals surface area contributed by atoms with Crippen LogP contribution in [0.5, 0.6) is 0 Å². The molecule has 2 fully saturated rings. The fourth-order valence-electron chi connectivity index (χ4n) is 2.86. The van der Waals surface area contributed by atoms with Crippen molar-refractivity contribution in [2.24, 2.45) is 11.8 Å². The molecule has 12 heavy (non-hydrogen) atoms. The number of hydrogen-bond donors (Lipinski definition) is 0. The Morgan fingerprint density at radius 2 is 0.833 bits per heavy atom. The molecule has 0 unspecified atom stereocenters. The molecule has 0 aromatic heterocycles. The summed E-state index contributed by atoms with van der Waals surface area (Å²) in [5.41, 5.74) is 0. The maximum absolute atomic E-state index is 2.00. The van der Waals surface area contributed by atoms with Gasteiger partial charge in [-0.1, -0.05) is 65.2 Å². The Bertz CT molecular complexity index is 80.6. The average Bonchev–Trinajstić information content (AvgIpc) is 2.21. The summed E-state index contributed by atoms with van der Waals surface area (Å²) in [5, 5.41) is 0. The van der Waals surface area contributed by atoms with Gasteiger partial charge in [0, 0.05) is 0 Å². The van der Waals surface area contributed by atoms with E-state index in [-0.39, 0.29) is 0 Å². The van der Waals surface area contributed by atoms with Gasteiger partial charge in [0.15, 0.2) is 0 Å². The second-order valence-corrected chi connectivity index (χ2v) is 4.09. The minimum absolute atomic E-state index is 1.16. The molecule has 0 aromatic rings. The van der Waals surface area contributed by atoms with Crippen molar-refractivity contribution in [2.75, 3.05) is 0 Å². The van der Waals surface area contributed by atoms with Crippen molar-refractivity contribution in [3.8, 4) is 0 Å². The SMILES string of the molecule is C1CCC2CCCCC2C1.CC. The van der Waals surface area contributed by atoms with E-state index in [1.807, 2.05) is 13.8 Å². The van der Waals surface area contributed by atoms with E-state index < -0.39 is 0 Å². The topological polar surface area (TPSA) is 0 Å². The van der Waals surface area contributed by atoms with E-state index in [2.05, 4.69) is 0 Å². The number of fused-ring (bicyclic) bond motifs is 1. The van der Waals surface area contributed by atoms with E-state index in [1.165, 1.54) is 25.7 Å². The average molecular weight is 168 g/mol. The summed E-state index contributed by atoms with van der Waals surface area (Å²) >= 11 is 0. The van der Waals surface area contributed by atoms with Crippen LogP contribution in [0.25, 0.3) is 0 Å². The first-order valence-corrected chi connectivity index (χ1v) is 5.97. The maximum Gasteiger partial charge on any atom is -0.0386 e. The Balaban J connectivity index is 0.000000336. The normalized spacial score (nSPS) is 34.5. The Morgan fingerprint density at radius 3 is 1.08 bits per heavy atom. The van der Waals surface area contributed by atoms with Gasteiger partial charge < -0.3 is 0 Å². The molecule has 0 nitrogen and oxygen atoms in total. The first-order valence-electron chi connectivity index (χ1n) is 5.97. The molecule has 0 spiro atoms. The summed E-state index contributed by atoms with van der Waals surface area (Å²) in [7, 11) is 0. The molecule has 0 N–H and O–H groups in total. The molecular weight excluding hydrogens is 144 g/mol. The predicted molar refractivity (Wildman–Crippen MR) is 55.3 cm³/mol. The molecular formula is C12H24. The third-order valence-electron chi connectivity index (χ3n) is 3.47. The van der Waals surface area contributed by atoms with Gasteiger partial charge in [-0.2, -0.15) is 0 Å². The highest BCUT2D eigenvalue weighted by molar-refractivity contribution is 4.78. The molecule has 0 heteroatoms. The minimum atomic E-state index is 1.16. The molecule has 0 saturated heterocycles. The van der Waals surface area contributed by atoms with Crippen LogP contribution in [-0.2, 0) is 0 Å². The largest absolute Gasteiger partial charge is 0.0683 e.